The Labute approximate surface area is 152 Å². The van der Waals surface area contributed by atoms with Crippen LogP contribution in [0.2, 0.25) is 0 Å². The van der Waals surface area contributed by atoms with Gasteiger partial charge in [-0.3, -0.25) is 4.99 Å². The first-order chi connectivity index (χ1) is 12.2. The van der Waals surface area contributed by atoms with Crippen molar-refractivity contribution >= 4 is 5.96 Å². The maximum absolute atomic E-state index is 5.55. The topological polar surface area (TPSA) is 64.1 Å². The van der Waals surface area contributed by atoms with Crippen LogP contribution in [0.3, 0.4) is 0 Å². The number of aliphatic imine (C=N–C) groups is 1. The second kappa shape index (κ2) is 13.4. The van der Waals surface area contributed by atoms with Gasteiger partial charge in [-0.05, 0) is 43.0 Å². The smallest absolute Gasteiger partial charge is 0.190 e. The van der Waals surface area contributed by atoms with Crippen molar-refractivity contribution in [1.82, 2.24) is 10.6 Å². The van der Waals surface area contributed by atoms with Crippen LogP contribution in [0.15, 0.2) is 23.2 Å². The summed E-state index contributed by atoms with van der Waals surface area (Å²) in [4.78, 5) is 4.24. The predicted octanol–water partition coefficient (Wildman–Crippen LogP) is 2.62. The molecular formula is C19H33N3O3. The summed E-state index contributed by atoms with van der Waals surface area (Å²) >= 11 is 0. The number of methoxy groups -OCH3 is 2. The van der Waals surface area contributed by atoms with Gasteiger partial charge in [-0.15, -0.1) is 0 Å². The minimum Gasteiger partial charge on any atom is -0.497 e. The number of ether oxygens (including phenoxy) is 3. The van der Waals surface area contributed by atoms with Crippen LogP contribution in [0.1, 0.15) is 31.7 Å². The highest BCUT2D eigenvalue weighted by atomic mass is 16.5. The molecule has 0 radical (unpaired) electrons. The molecule has 0 bridgehead atoms. The Morgan fingerprint density at radius 1 is 1.04 bits per heavy atom. The van der Waals surface area contributed by atoms with Gasteiger partial charge < -0.3 is 24.8 Å². The van der Waals surface area contributed by atoms with Crippen LogP contribution in [0, 0.1) is 0 Å². The van der Waals surface area contributed by atoms with E-state index in [0.717, 1.165) is 68.6 Å². The average Bonchev–Trinajstić information content (AvgIpc) is 2.65. The molecule has 6 nitrogen and oxygen atoms in total. The Kier molecular flexibility index (Phi) is 11.3. The zero-order valence-electron chi connectivity index (χ0n) is 16.1. The molecule has 0 amide bonds. The fraction of sp³-hybridized carbons (Fsp3) is 0.632. The first kappa shape index (κ1) is 21.1. The van der Waals surface area contributed by atoms with Crippen LogP contribution in [0.4, 0.5) is 0 Å². The Morgan fingerprint density at radius 3 is 2.48 bits per heavy atom. The Bertz CT molecular complexity index is 507. The van der Waals surface area contributed by atoms with Crippen molar-refractivity contribution in [3.63, 3.8) is 0 Å². The van der Waals surface area contributed by atoms with Crippen LogP contribution >= 0.6 is 0 Å². The van der Waals surface area contributed by atoms with Gasteiger partial charge in [0.05, 0.1) is 14.2 Å². The monoisotopic (exact) mass is 351 g/mol. The van der Waals surface area contributed by atoms with E-state index >= 15 is 0 Å². The summed E-state index contributed by atoms with van der Waals surface area (Å²) in [5, 5.41) is 6.62. The highest BCUT2D eigenvalue weighted by Crippen LogP contribution is 2.24. The molecule has 142 valence electrons. The number of guanidine groups is 1. The van der Waals surface area contributed by atoms with E-state index in [4.69, 9.17) is 14.2 Å². The standard InChI is InChI=1S/C19H33N3O3/c1-5-6-13-25-14-7-11-21-19(20-2)22-12-10-16-15-17(23-3)8-9-18(16)24-4/h8-9,15H,5-7,10-14H2,1-4H3,(H2,20,21,22). The maximum Gasteiger partial charge on any atom is 0.190 e. The number of nitrogens with zero attached hydrogens (tertiary/aromatic N) is 1. The minimum atomic E-state index is 0.760. The molecule has 0 aliphatic rings. The molecule has 0 unspecified atom stereocenters. The molecule has 1 aromatic rings. The lowest BCUT2D eigenvalue weighted by Crippen LogP contribution is -2.39. The summed E-state index contributed by atoms with van der Waals surface area (Å²) in [7, 11) is 5.13. The van der Waals surface area contributed by atoms with Crippen molar-refractivity contribution in [2.45, 2.75) is 32.6 Å². The SMILES string of the molecule is CCCCOCCCNC(=NC)NCCc1cc(OC)ccc1OC. The number of benzene rings is 1. The quantitative estimate of drug-likeness (QED) is 0.344. The average molecular weight is 351 g/mol. The minimum absolute atomic E-state index is 0.760. The maximum atomic E-state index is 5.55. The van der Waals surface area contributed by atoms with E-state index in [2.05, 4.69) is 22.5 Å². The van der Waals surface area contributed by atoms with Gasteiger partial charge in [0, 0.05) is 33.4 Å². The molecule has 0 aliphatic carbocycles. The molecule has 2 N–H and O–H groups in total. The molecule has 0 atom stereocenters. The molecule has 0 fully saturated rings. The Balaban J connectivity index is 2.29. The number of rotatable bonds is 12. The van der Waals surface area contributed by atoms with Crippen molar-refractivity contribution in [1.29, 1.82) is 0 Å². The van der Waals surface area contributed by atoms with Crippen LogP contribution in [0.25, 0.3) is 0 Å². The third-order valence-electron chi connectivity index (χ3n) is 3.80. The molecule has 6 heteroatoms. The lowest BCUT2D eigenvalue weighted by Gasteiger charge is -2.14. The van der Waals surface area contributed by atoms with E-state index < -0.39 is 0 Å². The van der Waals surface area contributed by atoms with E-state index in [0.29, 0.717) is 0 Å². The van der Waals surface area contributed by atoms with E-state index in [1.54, 1.807) is 21.3 Å². The zero-order valence-corrected chi connectivity index (χ0v) is 16.1. The second-order valence-corrected chi connectivity index (χ2v) is 5.67. The van der Waals surface area contributed by atoms with Gasteiger partial charge in [-0.25, -0.2) is 0 Å². The van der Waals surface area contributed by atoms with Crippen molar-refractivity contribution in [3.8, 4) is 11.5 Å². The first-order valence-electron chi connectivity index (χ1n) is 8.98. The van der Waals surface area contributed by atoms with Crippen LogP contribution < -0.4 is 20.1 Å². The van der Waals surface area contributed by atoms with Gasteiger partial charge in [-0.1, -0.05) is 13.3 Å². The van der Waals surface area contributed by atoms with Crippen LogP contribution in [-0.4, -0.2) is 53.5 Å². The van der Waals surface area contributed by atoms with E-state index in [1.807, 2.05) is 18.2 Å². The van der Waals surface area contributed by atoms with Crippen molar-refractivity contribution in [2.75, 3.05) is 47.6 Å². The van der Waals surface area contributed by atoms with Crippen molar-refractivity contribution < 1.29 is 14.2 Å². The van der Waals surface area contributed by atoms with Gasteiger partial charge in [-0.2, -0.15) is 0 Å². The number of hydrogen-bond acceptors (Lipinski definition) is 4. The molecule has 0 saturated heterocycles. The van der Waals surface area contributed by atoms with E-state index in [1.165, 1.54) is 6.42 Å². The molecule has 0 aliphatic heterocycles. The van der Waals surface area contributed by atoms with Gasteiger partial charge in [0.15, 0.2) is 5.96 Å². The molecule has 0 saturated carbocycles. The molecular weight excluding hydrogens is 318 g/mol. The fourth-order valence-electron chi connectivity index (χ4n) is 2.34. The molecule has 1 rings (SSSR count). The molecule has 25 heavy (non-hydrogen) atoms. The Hall–Kier alpha value is -1.95. The van der Waals surface area contributed by atoms with Crippen molar-refractivity contribution in [2.24, 2.45) is 4.99 Å². The van der Waals surface area contributed by atoms with Gasteiger partial charge in [0.2, 0.25) is 0 Å². The summed E-state index contributed by atoms with van der Waals surface area (Å²) in [6.07, 6.45) is 4.09. The van der Waals surface area contributed by atoms with Gasteiger partial charge >= 0.3 is 0 Å². The number of hydrogen-bond donors (Lipinski definition) is 2. The molecule has 0 spiro atoms. The number of unbranched alkanes of at least 4 members (excludes halogenated alkanes) is 1. The third kappa shape index (κ3) is 8.63. The summed E-state index contributed by atoms with van der Waals surface area (Å²) in [5.41, 5.74) is 1.11. The highest BCUT2D eigenvalue weighted by Gasteiger charge is 2.05. The highest BCUT2D eigenvalue weighted by molar-refractivity contribution is 5.79. The molecule has 1 aromatic carbocycles. The van der Waals surface area contributed by atoms with E-state index in [9.17, 15) is 0 Å². The summed E-state index contributed by atoms with van der Waals surface area (Å²) < 4.78 is 16.2. The second-order valence-electron chi connectivity index (χ2n) is 5.67. The summed E-state index contributed by atoms with van der Waals surface area (Å²) in [5.74, 6) is 2.51. The van der Waals surface area contributed by atoms with Gasteiger partial charge in [0.1, 0.15) is 11.5 Å². The predicted molar refractivity (Wildman–Crippen MR) is 103 cm³/mol. The van der Waals surface area contributed by atoms with Gasteiger partial charge in [0.25, 0.3) is 0 Å². The fourth-order valence-corrected chi connectivity index (χ4v) is 2.34. The van der Waals surface area contributed by atoms with Crippen molar-refractivity contribution in [3.05, 3.63) is 23.8 Å². The summed E-state index contributed by atoms with van der Waals surface area (Å²) in [6, 6.07) is 5.84. The lowest BCUT2D eigenvalue weighted by atomic mass is 10.1. The Morgan fingerprint density at radius 2 is 1.80 bits per heavy atom. The molecule has 0 heterocycles. The third-order valence-corrected chi connectivity index (χ3v) is 3.80. The summed E-state index contributed by atoms with van der Waals surface area (Å²) in [6.45, 7) is 5.41. The van der Waals surface area contributed by atoms with E-state index in [-0.39, 0.29) is 0 Å². The normalized spacial score (nSPS) is 11.3. The van der Waals surface area contributed by atoms with Crippen LogP contribution in [-0.2, 0) is 11.2 Å². The number of nitrogens with one attached hydrogen (secondary N) is 2. The largest absolute Gasteiger partial charge is 0.497 e. The van der Waals surface area contributed by atoms with Crippen LogP contribution in [0.5, 0.6) is 11.5 Å². The molecule has 0 aromatic heterocycles. The zero-order chi connectivity index (χ0) is 18.3. The lowest BCUT2D eigenvalue weighted by molar-refractivity contribution is 0.129. The first-order valence-corrected chi connectivity index (χ1v) is 8.98.